The van der Waals surface area contributed by atoms with Crippen LogP contribution in [0.25, 0.3) is 0 Å². The Bertz CT molecular complexity index is 677. The van der Waals surface area contributed by atoms with Gasteiger partial charge in [-0.15, -0.1) is 0 Å². The minimum Gasteiger partial charge on any atom is -0.493 e. The molecule has 4 rings (SSSR count). The first kappa shape index (κ1) is 16.0. The van der Waals surface area contributed by atoms with E-state index in [1.165, 1.54) is 48.9 Å². The molecule has 0 bridgehead atoms. The van der Waals surface area contributed by atoms with E-state index in [0.29, 0.717) is 12.0 Å². The van der Waals surface area contributed by atoms with Gasteiger partial charge < -0.3 is 14.4 Å². The van der Waals surface area contributed by atoms with Crippen molar-refractivity contribution in [1.82, 2.24) is 4.90 Å². The van der Waals surface area contributed by atoms with Gasteiger partial charge in [0, 0.05) is 17.0 Å². The fourth-order valence-electron chi connectivity index (χ4n) is 4.89. The molecule has 1 aliphatic heterocycles. The van der Waals surface area contributed by atoms with Crippen molar-refractivity contribution < 1.29 is 9.47 Å². The highest BCUT2D eigenvalue weighted by Crippen LogP contribution is 2.53. The van der Waals surface area contributed by atoms with Gasteiger partial charge in [0.15, 0.2) is 11.5 Å². The van der Waals surface area contributed by atoms with Gasteiger partial charge in [-0.3, -0.25) is 0 Å². The third-order valence-corrected chi connectivity index (χ3v) is 6.51. The zero-order valence-electron chi connectivity index (χ0n) is 15.4. The summed E-state index contributed by atoms with van der Waals surface area (Å²) in [4.78, 5) is 2.56. The van der Waals surface area contributed by atoms with Crippen molar-refractivity contribution in [3.05, 3.63) is 34.9 Å². The largest absolute Gasteiger partial charge is 0.493 e. The molecular formula is C21H29NO2. The van der Waals surface area contributed by atoms with E-state index < -0.39 is 0 Å². The third kappa shape index (κ3) is 2.36. The van der Waals surface area contributed by atoms with Gasteiger partial charge in [-0.25, -0.2) is 0 Å². The van der Waals surface area contributed by atoms with Crippen molar-refractivity contribution in [3.63, 3.8) is 0 Å². The number of allylic oxidation sites excluding steroid dienone is 1. The molecule has 0 spiro atoms. The Morgan fingerprint density at radius 2 is 1.96 bits per heavy atom. The molecule has 1 saturated carbocycles. The Balaban J connectivity index is 1.85. The van der Waals surface area contributed by atoms with Gasteiger partial charge >= 0.3 is 0 Å². The Hall–Kier alpha value is -1.48. The average molecular weight is 327 g/mol. The normalized spacial score (nSPS) is 30.0. The highest BCUT2D eigenvalue weighted by molar-refractivity contribution is 5.55. The third-order valence-electron chi connectivity index (χ3n) is 6.51. The lowest BCUT2D eigenvalue weighted by Crippen LogP contribution is -2.43. The maximum absolute atomic E-state index is 5.73. The van der Waals surface area contributed by atoms with Crippen molar-refractivity contribution in [2.75, 3.05) is 27.8 Å². The van der Waals surface area contributed by atoms with Gasteiger partial charge in [0.2, 0.25) is 0 Å². The van der Waals surface area contributed by atoms with Crippen LogP contribution in [-0.2, 0) is 5.41 Å². The van der Waals surface area contributed by atoms with E-state index in [9.17, 15) is 0 Å². The minimum absolute atomic E-state index is 0.234. The summed E-state index contributed by atoms with van der Waals surface area (Å²) in [5, 5.41) is 0. The molecule has 0 unspecified atom stereocenters. The predicted molar refractivity (Wildman–Crippen MR) is 97.2 cm³/mol. The molecule has 3 heteroatoms. The molecule has 24 heavy (non-hydrogen) atoms. The Kier molecular flexibility index (Phi) is 3.87. The van der Waals surface area contributed by atoms with Crippen LogP contribution in [0.5, 0.6) is 11.5 Å². The Morgan fingerprint density at radius 1 is 1.17 bits per heavy atom. The smallest absolute Gasteiger partial charge is 0.164 e. The standard InChI is InChI=1S/C21H29NO2/c1-14-7-8-21(9-10-22(2)19(21)11-14)16-12-17(15-5-6-15)20(24-4)18(13-16)23-3/h7,12-13,15,19H,5-6,8-11H2,1-4H3/t19-,21-/m0/s1. The summed E-state index contributed by atoms with van der Waals surface area (Å²) >= 11 is 0. The molecule has 1 aromatic rings. The van der Waals surface area contributed by atoms with Crippen LogP contribution in [0.2, 0.25) is 0 Å². The summed E-state index contributed by atoms with van der Waals surface area (Å²) in [5.74, 6) is 2.51. The molecule has 2 fully saturated rings. The fourth-order valence-corrected chi connectivity index (χ4v) is 4.89. The number of likely N-dealkylation sites (N-methyl/N-ethyl adjacent to an activating group) is 1. The van der Waals surface area contributed by atoms with Crippen LogP contribution in [0.1, 0.15) is 56.1 Å². The van der Waals surface area contributed by atoms with E-state index in [4.69, 9.17) is 9.47 Å². The van der Waals surface area contributed by atoms with Crippen molar-refractivity contribution in [3.8, 4) is 11.5 Å². The Morgan fingerprint density at radius 3 is 2.62 bits per heavy atom. The van der Waals surface area contributed by atoms with Crippen LogP contribution in [0.3, 0.4) is 0 Å². The summed E-state index contributed by atoms with van der Waals surface area (Å²) in [6.07, 6.45) is 8.58. The van der Waals surface area contributed by atoms with E-state index in [1.54, 1.807) is 14.2 Å². The molecule has 0 radical (unpaired) electrons. The van der Waals surface area contributed by atoms with Crippen LogP contribution < -0.4 is 9.47 Å². The predicted octanol–water partition coefficient (Wildman–Crippen LogP) is 4.26. The highest BCUT2D eigenvalue weighted by Gasteiger charge is 2.48. The summed E-state index contributed by atoms with van der Waals surface area (Å²) in [6.45, 7) is 3.46. The molecule has 1 saturated heterocycles. The molecular weight excluding hydrogens is 298 g/mol. The van der Waals surface area contributed by atoms with E-state index >= 15 is 0 Å². The highest BCUT2D eigenvalue weighted by atomic mass is 16.5. The topological polar surface area (TPSA) is 21.7 Å². The lowest BCUT2D eigenvalue weighted by Gasteiger charge is -2.41. The van der Waals surface area contributed by atoms with Crippen molar-refractivity contribution in [2.45, 2.75) is 56.4 Å². The number of fused-ring (bicyclic) bond motifs is 1. The number of likely N-dealkylation sites (tertiary alicyclic amines) is 1. The number of benzene rings is 1. The van der Waals surface area contributed by atoms with Crippen LogP contribution >= 0.6 is 0 Å². The van der Waals surface area contributed by atoms with Gasteiger partial charge in [0.05, 0.1) is 14.2 Å². The average Bonchev–Trinajstić information content (AvgIpc) is 3.39. The van der Waals surface area contributed by atoms with Gasteiger partial charge in [-0.1, -0.05) is 17.7 Å². The lowest BCUT2D eigenvalue weighted by atomic mass is 9.66. The number of nitrogens with zero attached hydrogens (tertiary/aromatic N) is 1. The summed E-state index contributed by atoms with van der Waals surface area (Å²) < 4.78 is 11.4. The number of methoxy groups -OCH3 is 2. The second kappa shape index (κ2) is 5.80. The van der Waals surface area contributed by atoms with Crippen LogP contribution in [0.15, 0.2) is 23.8 Å². The second-order valence-electron chi connectivity index (χ2n) is 7.94. The van der Waals surface area contributed by atoms with Crippen molar-refractivity contribution in [1.29, 1.82) is 0 Å². The monoisotopic (exact) mass is 327 g/mol. The van der Waals surface area contributed by atoms with Gasteiger partial charge in [0.1, 0.15) is 0 Å². The van der Waals surface area contributed by atoms with Gasteiger partial charge in [0.25, 0.3) is 0 Å². The number of hydrogen-bond acceptors (Lipinski definition) is 3. The number of ether oxygens (including phenoxy) is 2. The first-order valence-corrected chi connectivity index (χ1v) is 9.21. The molecule has 0 aromatic heterocycles. The molecule has 2 aliphatic carbocycles. The van der Waals surface area contributed by atoms with Crippen LogP contribution in [-0.4, -0.2) is 38.8 Å². The van der Waals surface area contributed by atoms with E-state index in [2.05, 4.69) is 37.1 Å². The van der Waals surface area contributed by atoms with Gasteiger partial charge in [-0.05, 0) is 70.2 Å². The van der Waals surface area contributed by atoms with E-state index in [0.717, 1.165) is 17.9 Å². The van der Waals surface area contributed by atoms with Gasteiger partial charge in [-0.2, -0.15) is 0 Å². The zero-order valence-corrected chi connectivity index (χ0v) is 15.4. The number of hydrogen-bond donors (Lipinski definition) is 0. The number of rotatable bonds is 4. The lowest BCUT2D eigenvalue weighted by molar-refractivity contribution is 0.231. The molecule has 3 nitrogen and oxygen atoms in total. The minimum atomic E-state index is 0.234. The second-order valence-corrected chi connectivity index (χ2v) is 7.94. The summed E-state index contributed by atoms with van der Waals surface area (Å²) in [7, 11) is 5.81. The molecule has 1 aromatic carbocycles. The van der Waals surface area contributed by atoms with E-state index in [-0.39, 0.29) is 5.41 Å². The van der Waals surface area contributed by atoms with E-state index in [1.807, 2.05) is 0 Å². The quantitative estimate of drug-likeness (QED) is 0.771. The van der Waals surface area contributed by atoms with Crippen molar-refractivity contribution >= 4 is 0 Å². The molecule has 0 amide bonds. The first-order chi connectivity index (χ1) is 11.6. The van der Waals surface area contributed by atoms with Crippen LogP contribution in [0, 0.1) is 0 Å². The fraction of sp³-hybridized carbons (Fsp3) is 0.619. The molecule has 1 heterocycles. The maximum atomic E-state index is 5.73. The maximum Gasteiger partial charge on any atom is 0.164 e. The summed E-state index contributed by atoms with van der Waals surface area (Å²) in [6, 6.07) is 5.30. The molecule has 0 N–H and O–H groups in total. The van der Waals surface area contributed by atoms with Crippen molar-refractivity contribution in [2.24, 2.45) is 0 Å². The first-order valence-electron chi connectivity index (χ1n) is 9.21. The molecule has 3 aliphatic rings. The zero-order chi connectivity index (χ0) is 16.9. The SMILES string of the molecule is COc1cc([C@@]23CC=C(C)C[C@@H]2N(C)CC3)cc(C2CC2)c1OC. The molecule has 130 valence electrons. The Labute approximate surface area is 145 Å². The summed E-state index contributed by atoms with van der Waals surface area (Å²) in [5.41, 5.74) is 4.59. The molecule has 2 atom stereocenters. The van der Waals surface area contributed by atoms with Crippen LogP contribution in [0.4, 0.5) is 0 Å².